The molecule has 0 saturated heterocycles. The van der Waals surface area contributed by atoms with E-state index in [-0.39, 0.29) is 0 Å². The standard InChI is InChI=1S/C13H19ClN4/c1-4-10-12-13(17(3)16-10)18(11(7-14)15-12)9-5-8(2)6-9/h8-9H,4-7H2,1-3H3. The van der Waals surface area contributed by atoms with Gasteiger partial charge in [-0.25, -0.2) is 4.98 Å². The summed E-state index contributed by atoms with van der Waals surface area (Å²) in [5, 5.41) is 4.55. The molecule has 0 atom stereocenters. The number of aromatic nitrogens is 4. The Labute approximate surface area is 112 Å². The summed E-state index contributed by atoms with van der Waals surface area (Å²) in [6.45, 7) is 4.41. The number of fused-ring (bicyclic) bond motifs is 1. The van der Waals surface area contributed by atoms with E-state index < -0.39 is 0 Å². The van der Waals surface area contributed by atoms with Crippen LogP contribution in [0.3, 0.4) is 0 Å². The van der Waals surface area contributed by atoms with Gasteiger partial charge in [-0.05, 0) is 25.2 Å². The van der Waals surface area contributed by atoms with Crippen LogP contribution < -0.4 is 0 Å². The van der Waals surface area contributed by atoms with Gasteiger partial charge in [0.2, 0.25) is 0 Å². The van der Waals surface area contributed by atoms with Crippen LogP contribution in [0.25, 0.3) is 11.2 Å². The van der Waals surface area contributed by atoms with E-state index in [4.69, 9.17) is 16.6 Å². The van der Waals surface area contributed by atoms with Crippen LogP contribution in [-0.2, 0) is 19.3 Å². The molecule has 0 unspecified atom stereocenters. The minimum Gasteiger partial charge on any atom is -0.309 e. The molecule has 1 fully saturated rings. The summed E-state index contributed by atoms with van der Waals surface area (Å²) in [6, 6.07) is 0.554. The Balaban J connectivity index is 2.18. The van der Waals surface area contributed by atoms with Crippen LogP contribution in [0.4, 0.5) is 0 Å². The van der Waals surface area contributed by atoms with Crippen molar-refractivity contribution in [1.29, 1.82) is 0 Å². The Morgan fingerprint density at radius 1 is 1.39 bits per heavy atom. The van der Waals surface area contributed by atoms with Gasteiger partial charge in [0.25, 0.3) is 0 Å². The van der Waals surface area contributed by atoms with E-state index in [0.29, 0.717) is 11.9 Å². The zero-order chi connectivity index (χ0) is 12.9. The summed E-state index contributed by atoms with van der Waals surface area (Å²) >= 11 is 6.06. The van der Waals surface area contributed by atoms with Crippen molar-refractivity contribution in [2.45, 2.75) is 45.0 Å². The van der Waals surface area contributed by atoms with E-state index in [1.165, 1.54) is 12.8 Å². The number of hydrogen-bond donors (Lipinski definition) is 0. The molecule has 0 amide bonds. The van der Waals surface area contributed by atoms with E-state index in [1.54, 1.807) is 0 Å². The van der Waals surface area contributed by atoms with Gasteiger partial charge in [0, 0.05) is 13.1 Å². The van der Waals surface area contributed by atoms with Crippen molar-refractivity contribution in [3.63, 3.8) is 0 Å². The van der Waals surface area contributed by atoms with E-state index in [9.17, 15) is 0 Å². The molecule has 3 rings (SSSR count). The first-order valence-corrected chi connectivity index (χ1v) is 7.17. The molecular formula is C13H19ClN4. The lowest BCUT2D eigenvalue weighted by atomic mass is 9.81. The largest absolute Gasteiger partial charge is 0.309 e. The van der Waals surface area contributed by atoms with Crippen molar-refractivity contribution in [3.8, 4) is 0 Å². The normalized spacial score (nSPS) is 23.6. The van der Waals surface area contributed by atoms with Gasteiger partial charge in [-0.1, -0.05) is 13.8 Å². The highest BCUT2D eigenvalue weighted by Crippen LogP contribution is 2.40. The molecule has 1 aliphatic rings. The molecule has 1 saturated carbocycles. The van der Waals surface area contributed by atoms with Gasteiger partial charge in [0.05, 0.1) is 11.6 Å². The second kappa shape index (κ2) is 4.26. The highest BCUT2D eigenvalue weighted by atomic mass is 35.5. The fourth-order valence-electron chi connectivity index (χ4n) is 3.03. The van der Waals surface area contributed by atoms with Crippen molar-refractivity contribution in [2.75, 3.05) is 0 Å². The van der Waals surface area contributed by atoms with Crippen LogP contribution in [0.1, 0.15) is 44.2 Å². The average molecular weight is 267 g/mol. The Kier molecular flexibility index (Phi) is 2.85. The highest BCUT2D eigenvalue weighted by Gasteiger charge is 2.31. The van der Waals surface area contributed by atoms with Crippen molar-refractivity contribution in [1.82, 2.24) is 19.3 Å². The van der Waals surface area contributed by atoms with Crippen LogP contribution in [0.5, 0.6) is 0 Å². The topological polar surface area (TPSA) is 35.6 Å². The van der Waals surface area contributed by atoms with Gasteiger partial charge in [0.15, 0.2) is 5.65 Å². The SMILES string of the molecule is CCc1nn(C)c2c1nc(CCl)n2C1CC(C)C1. The molecule has 2 heterocycles. The van der Waals surface area contributed by atoms with Gasteiger partial charge in [-0.2, -0.15) is 5.10 Å². The fourth-order valence-corrected chi connectivity index (χ4v) is 3.22. The summed E-state index contributed by atoms with van der Waals surface area (Å²) in [6.07, 6.45) is 3.36. The molecule has 98 valence electrons. The minimum atomic E-state index is 0.475. The van der Waals surface area contributed by atoms with Crippen LogP contribution in [0.2, 0.25) is 0 Å². The molecule has 5 heteroatoms. The Morgan fingerprint density at radius 2 is 2.11 bits per heavy atom. The predicted molar refractivity (Wildman–Crippen MR) is 72.9 cm³/mol. The monoisotopic (exact) mass is 266 g/mol. The lowest BCUT2D eigenvalue weighted by molar-refractivity contribution is 0.216. The molecule has 0 bridgehead atoms. The zero-order valence-electron chi connectivity index (χ0n) is 11.1. The molecule has 18 heavy (non-hydrogen) atoms. The zero-order valence-corrected chi connectivity index (χ0v) is 11.9. The number of imidazole rings is 1. The second-order valence-electron chi connectivity index (χ2n) is 5.36. The highest BCUT2D eigenvalue weighted by molar-refractivity contribution is 6.16. The van der Waals surface area contributed by atoms with E-state index in [0.717, 1.165) is 35.0 Å². The number of nitrogens with zero attached hydrogens (tertiary/aromatic N) is 4. The fraction of sp³-hybridized carbons (Fsp3) is 0.692. The van der Waals surface area contributed by atoms with E-state index in [1.807, 2.05) is 11.7 Å². The van der Waals surface area contributed by atoms with Crippen LogP contribution in [0.15, 0.2) is 0 Å². The first-order chi connectivity index (χ1) is 8.65. The minimum absolute atomic E-state index is 0.475. The van der Waals surface area contributed by atoms with Gasteiger partial charge in [0.1, 0.15) is 11.3 Å². The number of hydrogen-bond acceptors (Lipinski definition) is 2. The maximum Gasteiger partial charge on any atom is 0.158 e. The molecule has 0 radical (unpaired) electrons. The summed E-state index contributed by atoms with van der Waals surface area (Å²) in [7, 11) is 2.00. The summed E-state index contributed by atoms with van der Waals surface area (Å²) in [5.41, 5.74) is 3.25. The molecule has 0 spiro atoms. The third-order valence-corrected chi connectivity index (χ3v) is 4.22. The Hall–Kier alpha value is -1.03. The van der Waals surface area contributed by atoms with Gasteiger partial charge in [-0.3, -0.25) is 4.68 Å². The van der Waals surface area contributed by atoms with Crippen molar-refractivity contribution >= 4 is 22.8 Å². The van der Waals surface area contributed by atoms with E-state index in [2.05, 4.69) is 23.5 Å². The third-order valence-electron chi connectivity index (χ3n) is 3.98. The van der Waals surface area contributed by atoms with E-state index >= 15 is 0 Å². The molecule has 0 aliphatic heterocycles. The van der Waals surface area contributed by atoms with Crippen molar-refractivity contribution in [3.05, 3.63) is 11.5 Å². The van der Waals surface area contributed by atoms with Crippen LogP contribution in [-0.4, -0.2) is 19.3 Å². The van der Waals surface area contributed by atoms with Crippen LogP contribution >= 0.6 is 11.6 Å². The lowest BCUT2D eigenvalue weighted by Crippen LogP contribution is -2.26. The molecular weight excluding hydrogens is 248 g/mol. The maximum atomic E-state index is 6.06. The quantitative estimate of drug-likeness (QED) is 0.801. The summed E-state index contributed by atoms with van der Waals surface area (Å²) in [4.78, 5) is 4.70. The van der Waals surface area contributed by atoms with Crippen molar-refractivity contribution in [2.24, 2.45) is 13.0 Å². The average Bonchev–Trinajstić information content (AvgIpc) is 2.83. The first-order valence-electron chi connectivity index (χ1n) is 6.64. The molecule has 2 aromatic heterocycles. The van der Waals surface area contributed by atoms with Gasteiger partial charge in [-0.15, -0.1) is 11.6 Å². The number of halogens is 1. The molecule has 0 aromatic carbocycles. The van der Waals surface area contributed by atoms with Gasteiger partial charge >= 0.3 is 0 Å². The number of rotatable bonds is 3. The van der Waals surface area contributed by atoms with Crippen LogP contribution in [0, 0.1) is 5.92 Å². The molecule has 4 nitrogen and oxygen atoms in total. The Bertz CT molecular complexity index is 577. The lowest BCUT2D eigenvalue weighted by Gasteiger charge is -2.34. The molecule has 1 aliphatic carbocycles. The third kappa shape index (κ3) is 1.58. The summed E-state index contributed by atoms with van der Waals surface area (Å²) < 4.78 is 4.27. The Morgan fingerprint density at radius 3 is 2.67 bits per heavy atom. The first kappa shape index (κ1) is 12.0. The number of alkyl halides is 1. The molecule has 2 aromatic rings. The summed E-state index contributed by atoms with van der Waals surface area (Å²) in [5.74, 6) is 2.28. The molecule has 0 N–H and O–H groups in total. The smallest absolute Gasteiger partial charge is 0.158 e. The maximum absolute atomic E-state index is 6.06. The van der Waals surface area contributed by atoms with Gasteiger partial charge < -0.3 is 4.57 Å². The predicted octanol–water partition coefficient (Wildman–Crippen LogP) is 3.04. The second-order valence-corrected chi connectivity index (χ2v) is 5.63. The van der Waals surface area contributed by atoms with Crippen molar-refractivity contribution < 1.29 is 0 Å². The number of aryl methyl sites for hydroxylation is 2.